The molecule has 1 heterocycles. The van der Waals surface area contributed by atoms with Crippen molar-refractivity contribution in [2.45, 2.75) is 64.2 Å². The Morgan fingerprint density at radius 3 is 1.72 bits per heavy atom. The molecule has 6 aromatic carbocycles. The van der Waals surface area contributed by atoms with Crippen molar-refractivity contribution in [3.63, 3.8) is 0 Å². The van der Waals surface area contributed by atoms with Crippen molar-refractivity contribution in [2.24, 2.45) is 0 Å². The zero-order chi connectivity index (χ0) is 43.7. The number of fused-ring (bicyclic) bond motifs is 1. The molecule has 2 N–H and O–H groups in total. The summed E-state index contributed by atoms with van der Waals surface area (Å²) in [5.74, 6) is 1.76. The first-order valence-electron chi connectivity index (χ1n) is 19.9. The van der Waals surface area contributed by atoms with Crippen LogP contribution in [0.2, 0.25) is 0 Å². The van der Waals surface area contributed by atoms with Crippen molar-refractivity contribution in [1.82, 2.24) is 8.96 Å². The number of aryl methyl sites for hydroxylation is 4. The summed E-state index contributed by atoms with van der Waals surface area (Å²) < 4.78 is 67.6. The molecular formula is C48H50N4O7S2. The second-order valence-corrected chi connectivity index (χ2v) is 18.1. The van der Waals surface area contributed by atoms with Gasteiger partial charge in [-0.15, -0.1) is 0 Å². The van der Waals surface area contributed by atoms with Crippen LogP contribution in [0.1, 0.15) is 47.2 Å². The van der Waals surface area contributed by atoms with E-state index >= 15 is 0 Å². The number of imidazole rings is 1. The van der Waals surface area contributed by atoms with Crippen LogP contribution in [0.3, 0.4) is 0 Å². The summed E-state index contributed by atoms with van der Waals surface area (Å²) in [5, 5.41) is 3.16. The number of carbonyl (C=O) groups excluding carboxylic acids is 1. The van der Waals surface area contributed by atoms with Gasteiger partial charge in [-0.3, -0.25) is 9.52 Å². The number of benzene rings is 6. The summed E-state index contributed by atoms with van der Waals surface area (Å²) >= 11 is 0. The fraction of sp³-hybridized carbons (Fsp3) is 0.208. The molecule has 0 aliphatic carbocycles. The van der Waals surface area contributed by atoms with Crippen LogP contribution in [0.15, 0.2) is 143 Å². The van der Waals surface area contributed by atoms with Gasteiger partial charge in [0, 0.05) is 18.5 Å². The first-order valence-corrected chi connectivity index (χ1v) is 22.8. The molecule has 7 rings (SSSR count). The van der Waals surface area contributed by atoms with Crippen LogP contribution in [-0.2, 0) is 37.7 Å². The Balaban J connectivity index is 0.000000204. The van der Waals surface area contributed by atoms with E-state index in [0.717, 1.165) is 39.3 Å². The van der Waals surface area contributed by atoms with Gasteiger partial charge in [-0.05, 0) is 143 Å². The Morgan fingerprint density at radius 1 is 0.607 bits per heavy atom. The molecule has 0 bridgehead atoms. The molecule has 0 radical (unpaired) electrons. The molecular weight excluding hydrogens is 809 g/mol. The lowest BCUT2D eigenvalue weighted by Gasteiger charge is -2.14. The highest BCUT2D eigenvalue weighted by molar-refractivity contribution is 7.92. The molecule has 0 amide bonds. The number of rotatable bonds is 15. The van der Waals surface area contributed by atoms with Gasteiger partial charge in [0.2, 0.25) is 5.95 Å². The van der Waals surface area contributed by atoms with Crippen LogP contribution in [0.4, 0.5) is 17.3 Å². The van der Waals surface area contributed by atoms with Gasteiger partial charge in [0.1, 0.15) is 17.3 Å². The standard InChI is InChI=1S/C25H27NO4S.C23H23N3O3S/c1-4-30-23-11-8-20(9-12-23)16-22(27)17-21-10-5-19(3)15-25(21)26-31(28,29)24-13-6-18(2)7-14-24;1-4-29-19-10-8-18(9-11-19)24-23-25-21-14-7-17(3)15-22(21)26(23)30(27,28)20-12-5-16(2)6-13-20/h5-15,26H,4,16-17H2,1-3H3;5-15H,4H2,1-3H3,(H,24,25). The van der Waals surface area contributed by atoms with Gasteiger partial charge in [0.25, 0.3) is 20.0 Å². The molecule has 0 fully saturated rings. The van der Waals surface area contributed by atoms with E-state index in [1.54, 1.807) is 60.7 Å². The lowest BCUT2D eigenvalue weighted by molar-refractivity contribution is -0.117. The van der Waals surface area contributed by atoms with Crippen LogP contribution < -0.4 is 19.5 Å². The van der Waals surface area contributed by atoms with Crippen molar-refractivity contribution >= 4 is 54.2 Å². The van der Waals surface area contributed by atoms with Gasteiger partial charge < -0.3 is 14.8 Å². The number of hydrogen-bond acceptors (Lipinski definition) is 9. The van der Waals surface area contributed by atoms with E-state index in [-0.39, 0.29) is 34.4 Å². The highest BCUT2D eigenvalue weighted by atomic mass is 32.2. The number of nitrogens with one attached hydrogen (secondary N) is 2. The molecule has 0 atom stereocenters. The maximum atomic E-state index is 13.5. The van der Waals surface area contributed by atoms with E-state index in [1.165, 1.54) is 3.97 Å². The summed E-state index contributed by atoms with van der Waals surface area (Å²) in [4.78, 5) is 17.7. The number of hydrogen-bond donors (Lipinski definition) is 2. The molecule has 0 aliphatic rings. The molecule has 0 saturated carbocycles. The number of ketones is 1. The van der Waals surface area contributed by atoms with Gasteiger partial charge in [-0.2, -0.15) is 0 Å². The van der Waals surface area contributed by atoms with Crippen molar-refractivity contribution < 1.29 is 31.1 Å². The molecule has 13 heteroatoms. The van der Waals surface area contributed by atoms with Gasteiger partial charge in [0.15, 0.2) is 0 Å². The fourth-order valence-electron chi connectivity index (χ4n) is 6.47. The Morgan fingerprint density at radius 2 is 1.13 bits per heavy atom. The maximum Gasteiger partial charge on any atom is 0.271 e. The number of Topliss-reactive ketones (excluding diaryl/α,β-unsaturated/α-hetero) is 1. The highest BCUT2D eigenvalue weighted by Crippen LogP contribution is 2.30. The number of anilines is 3. The minimum absolute atomic E-state index is 0.00352. The molecule has 61 heavy (non-hydrogen) atoms. The van der Waals surface area contributed by atoms with Crippen molar-refractivity contribution in [3.05, 3.63) is 167 Å². The molecule has 0 spiro atoms. The fourth-order valence-corrected chi connectivity index (χ4v) is 8.97. The normalized spacial score (nSPS) is 11.4. The SMILES string of the molecule is CCOc1ccc(CC(=O)Cc2ccc(C)cc2NS(=O)(=O)c2ccc(C)cc2)cc1.CCOc1ccc(Nc2nc3ccc(C)cc3n2S(=O)(=O)c2ccc(C)cc2)cc1. The van der Waals surface area contributed by atoms with Crippen molar-refractivity contribution in [2.75, 3.05) is 23.3 Å². The third kappa shape index (κ3) is 11.2. The summed E-state index contributed by atoms with van der Waals surface area (Å²) in [6, 6.07) is 39.3. The number of aromatic nitrogens is 2. The Labute approximate surface area is 358 Å². The van der Waals surface area contributed by atoms with E-state index in [4.69, 9.17) is 9.47 Å². The molecule has 7 aromatic rings. The number of carbonyl (C=O) groups is 1. The number of sulfonamides is 1. The average molecular weight is 859 g/mol. The molecule has 1 aromatic heterocycles. The van der Waals surface area contributed by atoms with Crippen LogP contribution in [0, 0.1) is 27.7 Å². The predicted octanol–water partition coefficient (Wildman–Crippen LogP) is 9.89. The Hall–Kier alpha value is -6.44. The largest absolute Gasteiger partial charge is 0.494 e. The third-order valence-corrected chi connectivity index (χ3v) is 12.7. The zero-order valence-electron chi connectivity index (χ0n) is 35.1. The number of ether oxygens (including phenoxy) is 2. The minimum Gasteiger partial charge on any atom is -0.494 e. The molecule has 11 nitrogen and oxygen atoms in total. The van der Waals surface area contributed by atoms with Gasteiger partial charge >= 0.3 is 0 Å². The molecule has 0 unspecified atom stereocenters. The summed E-state index contributed by atoms with van der Waals surface area (Å²) in [5.41, 5.74) is 7.66. The molecule has 316 valence electrons. The van der Waals surface area contributed by atoms with Crippen molar-refractivity contribution in [1.29, 1.82) is 0 Å². The first kappa shape index (κ1) is 44.1. The monoisotopic (exact) mass is 858 g/mol. The van der Waals surface area contributed by atoms with Crippen molar-refractivity contribution in [3.8, 4) is 11.5 Å². The zero-order valence-corrected chi connectivity index (χ0v) is 36.7. The topological polar surface area (TPSA) is 146 Å². The summed E-state index contributed by atoms with van der Waals surface area (Å²) in [6.45, 7) is 12.6. The second-order valence-electron chi connectivity index (χ2n) is 14.6. The smallest absolute Gasteiger partial charge is 0.271 e. The van der Waals surface area contributed by atoms with Crippen LogP contribution in [-0.4, -0.2) is 44.8 Å². The quantitative estimate of drug-likeness (QED) is 0.103. The van der Waals surface area contributed by atoms with E-state index < -0.39 is 20.0 Å². The second kappa shape index (κ2) is 19.3. The van der Waals surface area contributed by atoms with E-state index in [1.807, 2.05) is 114 Å². The predicted molar refractivity (Wildman–Crippen MR) is 242 cm³/mol. The highest BCUT2D eigenvalue weighted by Gasteiger charge is 2.25. The van der Waals surface area contributed by atoms with E-state index in [2.05, 4.69) is 15.0 Å². The van der Waals surface area contributed by atoms with Gasteiger partial charge in [0.05, 0.1) is 39.7 Å². The van der Waals surface area contributed by atoms with E-state index in [9.17, 15) is 21.6 Å². The van der Waals surface area contributed by atoms with Crippen LogP contribution >= 0.6 is 0 Å². The van der Waals surface area contributed by atoms with Gasteiger partial charge in [-0.1, -0.05) is 65.7 Å². The number of nitrogens with zero attached hydrogens (tertiary/aromatic N) is 2. The molecule has 0 saturated heterocycles. The van der Waals surface area contributed by atoms with Crippen LogP contribution in [0.25, 0.3) is 11.0 Å². The Kier molecular flexibility index (Phi) is 14.0. The van der Waals surface area contributed by atoms with Crippen LogP contribution in [0.5, 0.6) is 11.5 Å². The van der Waals surface area contributed by atoms with E-state index in [0.29, 0.717) is 41.2 Å². The first-order chi connectivity index (χ1) is 29.1. The Bertz CT molecular complexity index is 2840. The molecule has 0 aliphatic heterocycles. The van der Waals surface area contributed by atoms with Gasteiger partial charge in [-0.25, -0.2) is 25.8 Å². The minimum atomic E-state index is -3.86. The lowest BCUT2D eigenvalue weighted by Crippen LogP contribution is -2.16. The average Bonchev–Trinajstić information content (AvgIpc) is 3.58. The summed E-state index contributed by atoms with van der Waals surface area (Å²) in [7, 11) is -7.61. The summed E-state index contributed by atoms with van der Waals surface area (Å²) in [6.07, 6.45) is 0.406. The lowest BCUT2D eigenvalue weighted by atomic mass is 10.0. The third-order valence-electron chi connectivity index (χ3n) is 9.61. The maximum absolute atomic E-state index is 13.5.